The van der Waals surface area contributed by atoms with E-state index >= 15 is 0 Å². The molecule has 0 spiro atoms. The lowest BCUT2D eigenvalue weighted by Gasteiger charge is -2.36. The molecule has 1 N–H and O–H groups in total. The van der Waals surface area contributed by atoms with E-state index in [0.29, 0.717) is 12.5 Å². The Morgan fingerprint density at radius 2 is 1.79 bits per heavy atom. The first kappa shape index (κ1) is 17.4. The summed E-state index contributed by atoms with van der Waals surface area (Å²) in [6.45, 7) is 7.22. The number of carbonyl (C=O) groups is 1. The molecule has 2 heterocycles. The second kappa shape index (κ2) is 8.60. The third-order valence-corrected chi connectivity index (χ3v) is 5.21. The molecule has 5 nitrogen and oxygen atoms in total. The number of nitrogens with one attached hydrogen (secondary N) is 1. The molecule has 2 aliphatic heterocycles. The first-order valence-electron chi connectivity index (χ1n) is 9.23. The van der Waals surface area contributed by atoms with Gasteiger partial charge in [-0.3, -0.25) is 4.79 Å². The summed E-state index contributed by atoms with van der Waals surface area (Å²) in [6, 6.07) is 10.5. The summed E-state index contributed by atoms with van der Waals surface area (Å²) in [5.41, 5.74) is 1.05. The highest BCUT2D eigenvalue weighted by atomic mass is 16.2. The molecule has 3 rings (SSSR count). The number of anilines is 1. The minimum absolute atomic E-state index is 0.270. The molecule has 2 aliphatic rings. The molecule has 132 valence electrons. The number of carbonyl (C=O) groups excluding carboxylic acids is 1. The molecule has 5 heteroatoms. The van der Waals surface area contributed by atoms with Crippen LogP contribution in [-0.2, 0) is 4.79 Å². The first-order chi connectivity index (χ1) is 11.7. The Kier molecular flexibility index (Phi) is 6.24. The monoisotopic (exact) mass is 330 g/mol. The number of piperidine rings is 1. The standard InChI is InChI=1S/C19H30N4O/c1-21-13-15-22(16-14-21)12-9-19(24)23(17-5-3-2-4-6-17)18-7-10-20-11-8-18/h2-6,18,20H,7-16H2,1H3. The molecule has 2 saturated heterocycles. The molecule has 1 aromatic rings. The van der Waals surface area contributed by atoms with Crippen LogP contribution in [0.1, 0.15) is 19.3 Å². The number of hydrogen-bond donors (Lipinski definition) is 1. The van der Waals surface area contributed by atoms with Gasteiger partial charge in [0.25, 0.3) is 0 Å². The molecule has 0 atom stereocenters. The quantitative estimate of drug-likeness (QED) is 0.886. The van der Waals surface area contributed by atoms with E-state index in [4.69, 9.17) is 0 Å². The maximum absolute atomic E-state index is 13.0. The molecular weight excluding hydrogens is 300 g/mol. The lowest BCUT2D eigenvalue weighted by Crippen LogP contribution is -2.48. The number of rotatable bonds is 5. The van der Waals surface area contributed by atoms with Crippen molar-refractivity contribution in [1.82, 2.24) is 15.1 Å². The van der Waals surface area contributed by atoms with E-state index in [2.05, 4.69) is 39.2 Å². The Balaban J connectivity index is 1.62. The van der Waals surface area contributed by atoms with E-state index in [0.717, 1.165) is 64.3 Å². The van der Waals surface area contributed by atoms with Crippen molar-refractivity contribution in [2.24, 2.45) is 0 Å². The fraction of sp³-hybridized carbons (Fsp3) is 0.632. The van der Waals surface area contributed by atoms with Crippen molar-refractivity contribution in [2.45, 2.75) is 25.3 Å². The lowest BCUT2D eigenvalue weighted by atomic mass is 10.0. The maximum Gasteiger partial charge on any atom is 0.228 e. The van der Waals surface area contributed by atoms with Crippen LogP contribution < -0.4 is 10.2 Å². The van der Waals surface area contributed by atoms with Crippen LogP contribution in [0.4, 0.5) is 5.69 Å². The van der Waals surface area contributed by atoms with Crippen molar-refractivity contribution in [3.63, 3.8) is 0 Å². The minimum Gasteiger partial charge on any atom is -0.317 e. The largest absolute Gasteiger partial charge is 0.317 e. The zero-order chi connectivity index (χ0) is 16.8. The van der Waals surface area contributed by atoms with E-state index in [9.17, 15) is 4.79 Å². The molecule has 1 amide bonds. The molecule has 2 fully saturated rings. The fourth-order valence-corrected chi connectivity index (χ4v) is 3.66. The third kappa shape index (κ3) is 4.56. The number of benzene rings is 1. The molecule has 1 aromatic carbocycles. The molecular formula is C19H30N4O. The van der Waals surface area contributed by atoms with E-state index in [-0.39, 0.29) is 5.91 Å². The topological polar surface area (TPSA) is 38.8 Å². The normalized spacial score (nSPS) is 20.9. The fourth-order valence-electron chi connectivity index (χ4n) is 3.66. The SMILES string of the molecule is CN1CCN(CCC(=O)N(c2ccccc2)C2CCNCC2)CC1. The summed E-state index contributed by atoms with van der Waals surface area (Å²) in [6.07, 6.45) is 2.69. The van der Waals surface area contributed by atoms with Crippen molar-refractivity contribution < 1.29 is 4.79 Å². The predicted octanol–water partition coefficient (Wildman–Crippen LogP) is 1.41. The zero-order valence-corrected chi connectivity index (χ0v) is 14.8. The average Bonchev–Trinajstić information content (AvgIpc) is 2.63. The van der Waals surface area contributed by atoms with E-state index < -0.39 is 0 Å². The van der Waals surface area contributed by atoms with Gasteiger partial charge in [-0.05, 0) is 45.1 Å². The van der Waals surface area contributed by atoms with E-state index in [1.54, 1.807) is 0 Å². The third-order valence-electron chi connectivity index (χ3n) is 5.21. The summed E-state index contributed by atoms with van der Waals surface area (Å²) in [4.78, 5) is 19.9. The minimum atomic E-state index is 0.270. The van der Waals surface area contributed by atoms with Gasteiger partial charge in [0.2, 0.25) is 5.91 Å². The number of hydrogen-bond acceptors (Lipinski definition) is 4. The molecule has 24 heavy (non-hydrogen) atoms. The number of nitrogens with zero attached hydrogens (tertiary/aromatic N) is 3. The van der Waals surface area contributed by atoms with Crippen molar-refractivity contribution in [3.05, 3.63) is 30.3 Å². The van der Waals surface area contributed by atoms with Gasteiger partial charge in [0.15, 0.2) is 0 Å². The van der Waals surface area contributed by atoms with Gasteiger partial charge < -0.3 is 20.0 Å². The maximum atomic E-state index is 13.0. The molecule has 0 aromatic heterocycles. The van der Waals surface area contributed by atoms with Gasteiger partial charge >= 0.3 is 0 Å². The van der Waals surface area contributed by atoms with Crippen molar-refractivity contribution in [1.29, 1.82) is 0 Å². The van der Waals surface area contributed by atoms with Crippen LogP contribution in [0.5, 0.6) is 0 Å². The molecule has 0 radical (unpaired) electrons. The Labute approximate surface area is 145 Å². The van der Waals surface area contributed by atoms with Crippen LogP contribution in [0.2, 0.25) is 0 Å². The summed E-state index contributed by atoms with van der Waals surface area (Å²) < 4.78 is 0. The van der Waals surface area contributed by atoms with Crippen LogP contribution in [0.25, 0.3) is 0 Å². The summed E-state index contributed by atoms with van der Waals surface area (Å²) >= 11 is 0. The van der Waals surface area contributed by atoms with Gasteiger partial charge in [0.05, 0.1) is 0 Å². The van der Waals surface area contributed by atoms with Gasteiger partial charge in [0.1, 0.15) is 0 Å². The Hall–Kier alpha value is -1.43. The highest BCUT2D eigenvalue weighted by molar-refractivity contribution is 5.94. The second-order valence-electron chi connectivity index (χ2n) is 6.98. The van der Waals surface area contributed by atoms with Gasteiger partial charge in [-0.15, -0.1) is 0 Å². The van der Waals surface area contributed by atoms with Crippen LogP contribution in [-0.4, -0.2) is 74.6 Å². The average molecular weight is 330 g/mol. The number of piperazine rings is 1. The zero-order valence-electron chi connectivity index (χ0n) is 14.8. The number of amides is 1. The lowest BCUT2D eigenvalue weighted by molar-refractivity contribution is -0.119. The number of para-hydroxylation sites is 1. The first-order valence-corrected chi connectivity index (χ1v) is 9.23. The molecule has 0 saturated carbocycles. The van der Waals surface area contributed by atoms with Crippen molar-refractivity contribution >= 4 is 11.6 Å². The van der Waals surface area contributed by atoms with Gasteiger partial charge in [-0.2, -0.15) is 0 Å². The van der Waals surface area contributed by atoms with Gasteiger partial charge in [-0.25, -0.2) is 0 Å². The van der Waals surface area contributed by atoms with E-state index in [1.165, 1.54) is 0 Å². The number of likely N-dealkylation sites (N-methyl/N-ethyl adjacent to an activating group) is 1. The van der Waals surface area contributed by atoms with Crippen LogP contribution >= 0.6 is 0 Å². The Bertz CT molecular complexity index is 507. The Morgan fingerprint density at radius 1 is 1.12 bits per heavy atom. The highest BCUT2D eigenvalue weighted by Crippen LogP contribution is 2.22. The van der Waals surface area contributed by atoms with E-state index in [1.807, 2.05) is 18.2 Å². The molecule has 0 unspecified atom stereocenters. The van der Waals surface area contributed by atoms with Gasteiger partial charge in [0, 0.05) is 50.9 Å². The molecule has 0 bridgehead atoms. The van der Waals surface area contributed by atoms with Crippen LogP contribution in [0.15, 0.2) is 30.3 Å². The predicted molar refractivity (Wildman–Crippen MR) is 98.4 cm³/mol. The Morgan fingerprint density at radius 3 is 2.46 bits per heavy atom. The van der Waals surface area contributed by atoms with Crippen molar-refractivity contribution in [3.8, 4) is 0 Å². The summed E-state index contributed by atoms with van der Waals surface area (Å²) in [5, 5.41) is 3.40. The summed E-state index contributed by atoms with van der Waals surface area (Å²) in [7, 11) is 2.16. The van der Waals surface area contributed by atoms with Crippen molar-refractivity contribution in [2.75, 3.05) is 57.8 Å². The second-order valence-corrected chi connectivity index (χ2v) is 6.98. The van der Waals surface area contributed by atoms with Crippen LogP contribution in [0.3, 0.4) is 0 Å². The van der Waals surface area contributed by atoms with Gasteiger partial charge in [-0.1, -0.05) is 18.2 Å². The summed E-state index contributed by atoms with van der Waals surface area (Å²) in [5.74, 6) is 0.270. The van der Waals surface area contributed by atoms with Crippen LogP contribution in [0, 0.1) is 0 Å². The molecule has 0 aliphatic carbocycles. The highest BCUT2D eigenvalue weighted by Gasteiger charge is 2.27. The smallest absolute Gasteiger partial charge is 0.228 e.